The molecule has 2 nitrogen and oxygen atoms in total. The summed E-state index contributed by atoms with van der Waals surface area (Å²) >= 11 is 0. The smallest absolute Gasteiger partial charge is 0.151 e. The van der Waals surface area contributed by atoms with Crippen molar-refractivity contribution in [3.63, 3.8) is 0 Å². The molecule has 0 aromatic heterocycles. The van der Waals surface area contributed by atoms with Crippen LogP contribution in [0.25, 0.3) is 10.8 Å². The summed E-state index contributed by atoms with van der Waals surface area (Å²) in [5.74, 6) is 5.83. The van der Waals surface area contributed by atoms with Crippen LogP contribution in [0.2, 0.25) is 0 Å². The molecular weight excluding hydrogens is 212 g/mol. The van der Waals surface area contributed by atoms with Gasteiger partial charge in [0.05, 0.1) is 6.61 Å². The van der Waals surface area contributed by atoms with E-state index < -0.39 is 0 Å². The second kappa shape index (κ2) is 5.29. The third-order valence-electron chi connectivity index (χ3n) is 2.54. The summed E-state index contributed by atoms with van der Waals surface area (Å²) < 4.78 is 0. The molecule has 0 unspecified atom stereocenters. The van der Waals surface area contributed by atoms with Crippen LogP contribution in [-0.4, -0.2) is 18.0 Å². The fourth-order valence-electron chi connectivity index (χ4n) is 1.73. The lowest BCUT2D eigenvalue weighted by atomic mass is 10.00. The fraction of sp³-hybridized carbons (Fsp3) is 0.133. The number of rotatable bonds is 2. The van der Waals surface area contributed by atoms with E-state index in [2.05, 4.69) is 11.8 Å². The van der Waals surface area contributed by atoms with E-state index in [0.29, 0.717) is 12.0 Å². The number of carbonyl (C=O) groups is 1. The Hall–Kier alpha value is -2.11. The topological polar surface area (TPSA) is 37.3 Å². The number of hydrogen-bond donors (Lipinski definition) is 1. The molecule has 2 rings (SSSR count). The first-order chi connectivity index (χ1) is 8.36. The summed E-state index contributed by atoms with van der Waals surface area (Å²) in [6, 6.07) is 11.5. The molecule has 0 aliphatic rings. The van der Waals surface area contributed by atoms with Crippen molar-refractivity contribution in [2.45, 2.75) is 6.42 Å². The van der Waals surface area contributed by atoms with Crippen LogP contribution in [0.15, 0.2) is 36.4 Å². The lowest BCUT2D eigenvalue weighted by Gasteiger charge is -2.03. The minimum absolute atomic E-state index is 0.0359. The summed E-state index contributed by atoms with van der Waals surface area (Å²) in [7, 11) is 0. The lowest BCUT2D eigenvalue weighted by Crippen LogP contribution is -1.89. The number of aliphatic hydroxyl groups excluding tert-OH is 1. The third kappa shape index (κ3) is 2.35. The van der Waals surface area contributed by atoms with Crippen LogP contribution in [0.5, 0.6) is 0 Å². The van der Waals surface area contributed by atoms with E-state index in [-0.39, 0.29) is 6.61 Å². The average molecular weight is 224 g/mol. The van der Waals surface area contributed by atoms with Gasteiger partial charge in [0.15, 0.2) is 6.29 Å². The number of aldehydes is 1. The van der Waals surface area contributed by atoms with Gasteiger partial charge in [0, 0.05) is 17.5 Å². The van der Waals surface area contributed by atoms with Gasteiger partial charge in [0.2, 0.25) is 0 Å². The average Bonchev–Trinajstić information content (AvgIpc) is 2.39. The zero-order valence-corrected chi connectivity index (χ0v) is 9.31. The summed E-state index contributed by atoms with van der Waals surface area (Å²) in [5.41, 5.74) is 1.33. The van der Waals surface area contributed by atoms with Crippen molar-refractivity contribution in [2.24, 2.45) is 0 Å². The number of benzene rings is 2. The van der Waals surface area contributed by atoms with Crippen molar-refractivity contribution in [1.29, 1.82) is 0 Å². The Labute approximate surface area is 99.9 Å². The van der Waals surface area contributed by atoms with Crippen LogP contribution < -0.4 is 0 Å². The Balaban J connectivity index is 2.64. The van der Waals surface area contributed by atoms with Crippen LogP contribution >= 0.6 is 0 Å². The van der Waals surface area contributed by atoms with Gasteiger partial charge in [-0.2, -0.15) is 0 Å². The lowest BCUT2D eigenvalue weighted by molar-refractivity contribution is 0.112. The number of hydrogen-bond acceptors (Lipinski definition) is 2. The molecule has 2 heteroatoms. The van der Waals surface area contributed by atoms with E-state index in [1.54, 1.807) is 6.07 Å². The Bertz CT molecular complexity index is 603. The molecule has 0 saturated heterocycles. The zero-order chi connectivity index (χ0) is 12.1. The van der Waals surface area contributed by atoms with Crippen molar-refractivity contribution >= 4 is 17.1 Å². The normalized spacial score (nSPS) is 9.71. The minimum atomic E-state index is 0.0359. The monoisotopic (exact) mass is 224 g/mol. The highest BCUT2D eigenvalue weighted by molar-refractivity contribution is 5.95. The van der Waals surface area contributed by atoms with E-state index >= 15 is 0 Å². The molecule has 0 atom stereocenters. The van der Waals surface area contributed by atoms with Crippen LogP contribution in [0, 0.1) is 11.8 Å². The van der Waals surface area contributed by atoms with Gasteiger partial charge in [-0.1, -0.05) is 42.2 Å². The van der Waals surface area contributed by atoms with Gasteiger partial charge < -0.3 is 5.11 Å². The van der Waals surface area contributed by atoms with Gasteiger partial charge in [-0.25, -0.2) is 0 Å². The van der Waals surface area contributed by atoms with Crippen LogP contribution in [0.4, 0.5) is 0 Å². The molecule has 2 aromatic carbocycles. The molecule has 0 amide bonds. The molecule has 0 saturated carbocycles. The fourth-order valence-corrected chi connectivity index (χ4v) is 1.73. The predicted molar refractivity (Wildman–Crippen MR) is 67.9 cm³/mol. The van der Waals surface area contributed by atoms with Gasteiger partial charge in [-0.3, -0.25) is 4.79 Å². The first-order valence-corrected chi connectivity index (χ1v) is 5.43. The first kappa shape index (κ1) is 11.4. The summed E-state index contributed by atoms with van der Waals surface area (Å²) in [6.07, 6.45) is 1.23. The molecule has 0 radical (unpaired) electrons. The van der Waals surface area contributed by atoms with E-state index in [1.165, 1.54) is 0 Å². The van der Waals surface area contributed by atoms with E-state index in [9.17, 15) is 4.79 Å². The summed E-state index contributed by atoms with van der Waals surface area (Å²) in [6.45, 7) is 0.0359. The Morgan fingerprint density at radius 1 is 1.18 bits per heavy atom. The van der Waals surface area contributed by atoms with Gasteiger partial charge in [0.1, 0.15) is 0 Å². The quantitative estimate of drug-likeness (QED) is 0.628. The van der Waals surface area contributed by atoms with Crippen molar-refractivity contribution in [1.82, 2.24) is 0 Å². The van der Waals surface area contributed by atoms with E-state index in [0.717, 1.165) is 22.6 Å². The number of fused-ring (bicyclic) bond motifs is 1. The highest BCUT2D eigenvalue weighted by Crippen LogP contribution is 2.20. The molecule has 1 N–H and O–H groups in total. The molecule has 0 aliphatic heterocycles. The van der Waals surface area contributed by atoms with Crippen LogP contribution in [0.1, 0.15) is 22.3 Å². The van der Waals surface area contributed by atoms with Crippen molar-refractivity contribution in [3.8, 4) is 11.8 Å². The zero-order valence-electron chi connectivity index (χ0n) is 9.31. The van der Waals surface area contributed by atoms with Crippen LogP contribution in [-0.2, 0) is 0 Å². The molecule has 17 heavy (non-hydrogen) atoms. The molecule has 0 bridgehead atoms. The van der Waals surface area contributed by atoms with Crippen molar-refractivity contribution < 1.29 is 9.90 Å². The second-order valence-electron chi connectivity index (χ2n) is 3.64. The van der Waals surface area contributed by atoms with Gasteiger partial charge in [-0.05, 0) is 16.8 Å². The molecule has 0 spiro atoms. The molecule has 2 aromatic rings. The van der Waals surface area contributed by atoms with Crippen molar-refractivity contribution in [2.75, 3.05) is 6.61 Å². The Morgan fingerprint density at radius 2 is 2.00 bits per heavy atom. The molecule has 0 fully saturated rings. The molecular formula is C15H12O2. The predicted octanol–water partition coefficient (Wildman–Crippen LogP) is 2.39. The maximum absolute atomic E-state index is 11.0. The van der Waals surface area contributed by atoms with Gasteiger partial charge in [-0.15, -0.1) is 0 Å². The number of aliphatic hydroxyl groups is 1. The SMILES string of the molecule is O=Cc1ccc2ccccc2c1C#CCCO. The van der Waals surface area contributed by atoms with Crippen molar-refractivity contribution in [3.05, 3.63) is 47.5 Å². The standard InChI is InChI=1S/C15H12O2/c16-10-4-3-7-15-13(11-17)9-8-12-5-1-2-6-14(12)15/h1-2,5-6,8-9,11,16H,4,10H2. The van der Waals surface area contributed by atoms with E-state index in [4.69, 9.17) is 5.11 Å². The highest BCUT2D eigenvalue weighted by Gasteiger charge is 2.03. The molecule has 0 aliphatic carbocycles. The van der Waals surface area contributed by atoms with Gasteiger partial charge in [0.25, 0.3) is 0 Å². The molecule has 84 valence electrons. The molecule has 0 heterocycles. The largest absolute Gasteiger partial charge is 0.395 e. The first-order valence-electron chi connectivity index (χ1n) is 5.43. The van der Waals surface area contributed by atoms with E-state index in [1.807, 2.05) is 30.3 Å². The third-order valence-corrected chi connectivity index (χ3v) is 2.54. The Kier molecular flexibility index (Phi) is 3.54. The minimum Gasteiger partial charge on any atom is -0.395 e. The summed E-state index contributed by atoms with van der Waals surface area (Å²) in [5, 5.41) is 10.7. The summed E-state index contributed by atoms with van der Waals surface area (Å²) in [4.78, 5) is 11.0. The Morgan fingerprint density at radius 3 is 2.76 bits per heavy atom. The van der Waals surface area contributed by atoms with Crippen LogP contribution in [0.3, 0.4) is 0 Å². The number of carbonyl (C=O) groups excluding carboxylic acids is 1. The van der Waals surface area contributed by atoms with Gasteiger partial charge >= 0.3 is 0 Å². The second-order valence-corrected chi connectivity index (χ2v) is 3.64. The maximum atomic E-state index is 11.0. The maximum Gasteiger partial charge on any atom is 0.151 e. The highest BCUT2D eigenvalue weighted by atomic mass is 16.2.